The van der Waals surface area contributed by atoms with Crippen LogP contribution in [0.15, 0.2) is 41.3 Å². The molecule has 0 aliphatic heterocycles. The average molecular weight is 316 g/mol. The van der Waals surface area contributed by atoms with Gasteiger partial charge in [0, 0.05) is 7.05 Å². The van der Waals surface area contributed by atoms with Gasteiger partial charge in [0.2, 0.25) is 0 Å². The van der Waals surface area contributed by atoms with Crippen LogP contribution >= 0.6 is 0 Å². The number of nitrogens with zero attached hydrogens (tertiary/aromatic N) is 1. The Morgan fingerprint density at radius 2 is 1.62 bits per heavy atom. The van der Waals surface area contributed by atoms with Gasteiger partial charge in [-0.3, -0.25) is 4.31 Å². The first-order valence-corrected chi connectivity index (χ1v) is 7.17. The molecule has 0 atom stereocenters. The molecular formula is C13H11F3N2O2S. The summed E-state index contributed by atoms with van der Waals surface area (Å²) in [6, 6.07) is 6.58. The van der Waals surface area contributed by atoms with E-state index in [9.17, 15) is 21.6 Å². The molecule has 2 aromatic carbocycles. The molecule has 0 saturated carbocycles. The molecular weight excluding hydrogens is 305 g/mol. The number of nitrogen functional groups attached to an aromatic ring is 1. The van der Waals surface area contributed by atoms with E-state index in [-0.39, 0.29) is 5.69 Å². The summed E-state index contributed by atoms with van der Waals surface area (Å²) >= 11 is 0. The lowest BCUT2D eigenvalue weighted by atomic mass is 10.3. The lowest BCUT2D eigenvalue weighted by molar-refractivity contribution is 0.553. The highest BCUT2D eigenvalue weighted by Crippen LogP contribution is 2.28. The van der Waals surface area contributed by atoms with Crippen molar-refractivity contribution in [3.63, 3.8) is 0 Å². The molecule has 0 bridgehead atoms. The first-order valence-electron chi connectivity index (χ1n) is 5.73. The summed E-state index contributed by atoms with van der Waals surface area (Å²) in [5, 5.41) is 0. The highest BCUT2D eigenvalue weighted by molar-refractivity contribution is 7.92. The minimum atomic E-state index is -4.41. The topological polar surface area (TPSA) is 63.4 Å². The van der Waals surface area contributed by atoms with Gasteiger partial charge in [0.05, 0.1) is 5.69 Å². The third-order valence-corrected chi connectivity index (χ3v) is 4.71. The Morgan fingerprint density at radius 3 is 2.24 bits per heavy atom. The van der Waals surface area contributed by atoms with Gasteiger partial charge < -0.3 is 5.73 Å². The van der Waals surface area contributed by atoms with E-state index in [2.05, 4.69) is 0 Å². The van der Waals surface area contributed by atoms with Crippen LogP contribution in [0.1, 0.15) is 0 Å². The molecule has 0 aliphatic carbocycles. The van der Waals surface area contributed by atoms with Crippen LogP contribution in [-0.4, -0.2) is 15.5 Å². The maximum atomic E-state index is 13.9. The van der Waals surface area contributed by atoms with E-state index < -0.39 is 38.1 Å². The second kappa shape index (κ2) is 5.28. The van der Waals surface area contributed by atoms with Gasteiger partial charge in [0.1, 0.15) is 22.2 Å². The molecule has 0 radical (unpaired) electrons. The predicted octanol–water partition coefficient (Wildman–Crippen LogP) is 2.51. The third kappa shape index (κ3) is 2.54. The van der Waals surface area contributed by atoms with Crippen LogP contribution < -0.4 is 10.0 Å². The predicted molar refractivity (Wildman–Crippen MR) is 72.8 cm³/mol. The molecule has 21 heavy (non-hydrogen) atoms. The van der Waals surface area contributed by atoms with Crippen molar-refractivity contribution in [2.45, 2.75) is 4.90 Å². The lowest BCUT2D eigenvalue weighted by Gasteiger charge is -2.20. The molecule has 2 rings (SSSR count). The zero-order valence-corrected chi connectivity index (χ0v) is 11.7. The second-order valence-electron chi connectivity index (χ2n) is 4.20. The summed E-state index contributed by atoms with van der Waals surface area (Å²) in [5.41, 5.74) is 3.97. The number of rotatable bonds is 3. The molecule has 2 N–H and O–H groups in total. The Kier molecular flexibility index (Phi) is 3.82. The molecule has 112 valence electrons. The number of sulfonamides is 1. The van der Waals surface area contributed by atoms with Crippen molar-refractivity contribution in [2.75, 3.05) is 17.1 Å². The molecule has 0 fully saturated rings. The molecule has 0 amide bonds. The number of hydrogen-bond donors (Lipinski definition) is 1. The first-order chi connectivity index (χ1) is 9.76. The van der Waals surface area contributed by atoms with Gasteiger partial charge in [0.15, 0.2) is 5.82 Å². The van der Waals surface area contributed by atoms with Crippen molar-refractivity contribution in [1.82, 2.24) is 0 Å². The van der Waals surface area contributed by atoms with Crippen molar-refractivity contribution in [1.29, 1.82) is 0 Å². The van der Waals surface area contributed by atoms with E-state index in [0.717, 1.165) is 25.2 Å². The largest absolute Gasteiger partial charge is 0.394 e. The number of halogens is 3. The molecule has 8 heteroatoms. The van der Waals surface area contributed by atoms with Crippen molar-refractivity contribution < 1.29 is 21.6 Å². The van der Waals surface area contributed by atoms with Crippen LogP contribution in [0.5, 0.6) is 0 Å². The van der Waals surface area contributed by atoms with Crippen LogP contribution in [0.25, 0.3) is 0 Å². The van der Waals surface area contributed by atoms with Crippen LogP contribution in [0.4, 0.5) is 24.5 Å². The van der Waals surface area contributed by atoms with Crippen LogP contribution in [0.2, 0.25) is 0 Å². The maximum Gasteiger partial charge on any atom is 0.267 e. The van der Waals surface area contributed by atoms with Gasteiger partial charge in [-0.15, -0.1) is 0 Å². The number of hydrogen-bond acceptors (Lipinski definition) is 3. The van der Waals surface area contributed by atoms with Gasteiger partial charge in [-0.25, -0.2) is 21.6 Å². The fraction of sp³-hybridized carbons (Fsp3) is 0.0769. The molecule has 0 spiro atoms. The van der Waals surface area contributed by atoms with Crippen molar-refractivity contribution >= 4 is 21.4 Å². The van der Waals surface area contributed by atoms with E-state index >= 15 is 0 Å². The molecule has 2 aromatic rings. The smallest absolute Gasteiger partial charge is 0.267 e. The number of anilines is 2. The van der Waals surface area contributed by atoms with Gasteiger partial charge in [-0.1, -0.05) is 12.1 Å². The van der Waals surface area contributed by atoms with Crippen molar-refractivity contribution in [3.8, 4) is 0 Å². The van der Waals surface area contributed by atoms with Crippen LogP contribution in [0, 0.1) is 17.5 Å². The Labute approximate surface area is 119 Å². The Morgan fingerprint density at radius 1 is 1.00 bits per heavy atom. The van der Waals surface area contributed by atoms with E-state index in [1.807, 2.05) is 0 Å². The molecule has 0 saturated heterocycles. The van der Waals surface area contributed by atoms with Gasteiger partial charge >= 0.3 is 0 Å². The normalized spacial score (nSPS) is 11.4. The summed E-state index contributed by atoms with van der Waals surface area (Å²) < 4.78 is 65.8. The van der Waals surface area contributed by atoms with Crippen molar-refractivity contribution in [3.05, 3.63) is 53.8 Å². The Bertz CT molecular complexity index is 794. The minimum Gasteiger partial charge on any atom is -0.394 e. The van der Waals surface area contributed by atoms with Gasteiger partial charge in [-0.05, 0) is 24.3 Å². The highest BCUT2D eigenvalue weighted by atomic mass is 32.2. The fourth-order valence-electron chi connectivity index (χ4n) is 1.73. The standard InChI is InChI=1S/C13H11F3N2O2S/c1-18(10-5-3-2-4-8(10)14)21(19,20)11-7-6-9(15)13(17)12(11)16/h2-7H,17H2,1H3. The number of benzene rings is 2. The fourth-order valence-corrected chi connectivity index (χ4v) is 3.01. The summed E-state index contributed by atoms with van der Waals surface area (Å²) in [6.45, 7) is 0. The maximum absolute atomic E-state index is 13.9. The Balaban J connectivity index is 2.58. The summed E-state index contributed by atoms with van der Waals surface area (Å²) in [7, 11) is -3.35. The minimum absolute atomic E-state index is 0.264. The second-order valence-corrected chi connectivity index (χ2v) is 6.13. The zero-order chi connectivity index (χ0) is 15.8. The van der Waals surface area contributed by atoms with E-state index in [1.54, 1.807) is 0 Å². The highest BCUT2D eigenvalue weighted by Gasteiger charge is 2.28. The van der Waals surface area contributed by atoms with Crippen LogP contribution in [0.3, 0.4) is 0 Å². The molecule has 0 aliphatic rings. The number of para-hydroxylation sites is 1. The average Bonchev–Trinajstić information content (AvgIpc) is 2.44. The molecule has 0 unspecified atom stereocenters. The van der Waals surface area contributed by atoms with E-state index in [1.165, 1.54) is 18.2 Å². The van der Waals surface area contributed by atoms with Crippen molar-refractivity contribution in [2.24, 2.45) is 0 Å². The van der Waals surface area contributed by atoms with Gasteiger partial charge in [0.25, 0.3) is 10.0 Å². The third-order valence-electron chi connectivity index (χ3n) is 2.92. The summed E-state index contributed by atoms with van der Waals surface area (Å²) in [6.07, 6.45) is 0. The van der Waals surface area contributed by atoms with E-state index in [0.29, 0.717) is 4.31 Å². The zero-order valence-electron chi connectivity index (χ0n) is 10.8. The first kappa shape index (κ1) is 15.2. The van der Waals surface area contributed by atoms with Gasteiger partial charge in [-0.2, -0.15) is 0 Å². The Hall–Kier alpha value is -2.22. The molecule has 0 aromatic heterocycles. The van der Waals surface area contributed by atoms with Crippen LogP contribution in [-0.2, 0) is 10.0 Å². The van der Waals surface area contributed by atoms with E-state index in [4.69, 9.17) is 5.73 Å². The molecule has 4 nitrogen and oxygen atoms in total. The summed E-state index contributed by atoms with van der Waals surface area (Å²) in [5.74, 6) is -3.27. The molecule has 0 heterocycles. The number of nitrogens with two attached hydrogens (primary N) is 1. The quantitative estimate of drug-likeness (QED) is 0.885. The monoisotopic (exact) mass is 316 g/mol. The summed E-state index contributed by atoms with van der Waals surface area (Å²) in [4.78, 5) is -0.827. The lowest BCUT2D eigenvalue weighted by Crippen LogP contribution is -2.28. The SMILES string of the molecule is CN(c1ccccc1F)S(=O)(=O)c1ccc(F)c(N)c1F.